The van der Waals surface area contributed by atoms with Crippen molar-refractivity contribution in [3.05, 3.63) is 0 Å². The lowest BCUT2D eigenvalue weighted by Gasteiger charge is -1.97. The Morgan fingerprint density at radius 3 is 2.89 bits per heavy atom. The van der Waals surface area contributed by atoms with Crippen molar-refractivity contribution in [1.82, 2.24) is 0 Å². The van der Waals surface area contributed by atoms with Gasteiger partial charge in [-0.15, -0.1) is 0 Å². The number of halogens is 1. The van der Waals surface area contributed by atoms with Crippen LogP contribution in [-0.2, 0) is 9.63 Å². The van der Waals surface area contributed by atoms with Crippen LogP contribution < -0.4 is 0 Å². The highest BCUT2D eigenvalue weighted by atomic mass is 35.5. The van der Waals surface area contributed by atoms with Crippen LogP contribution in [0.2, 0.25) is 0 Å². The van der Waals surface area contributed by atoms with Crippen LogP contribution in [0.3, 0.4) is 0 Å². The zero-order valence-corrected chi connectivity index (χ0v) is 5.68. The molecule has 0 bridgehead atoms. The lowest BCUT2D eigenvalue weighted by molar-refractivity contribution is -0.120. The Bertz CT molecular complexity index is 166. The fraction of sp³-hybridized carbons (Fsp3) is 0.600. The highest BCUT2D eigenvalue weighted by molar-refractivity contribution is 6.64. The summed E-state index contributed by atoms with van der Waals surface area (Å²) in [5, 5.41) is 3.07. The van der Waals surface area contributed by atoms with Gasteiger partial charge in [0.2, 0.25) is 6.10 Å². The first-order valence-corrected chi connectivity index (χ1v) is 2.96. The van der Waals surface area contributed by atoms with Crippen molar-refractivity contribution in [3.8, 4) is 0 Å². The average molecular weight is 148 g/mol. The minimum absolute atomic E-state index is 0.476. The number of carbonyl (C=O) groups is 1. The summed E-state index contributed by atoms with van der Waals surface area (Å²) in [5.41, 5.74) is 0.814. The van der Waals surface area contributed by atoms with Crippen LogP contribution in [0.4, 0.5) is 0 Å². The van der Waals surface area contributed by atoms with Gasteiger partial charge in [-0.05, 0) is 18.5 Å². The average Bonchev–Trinajstić information content (AvgIpc) is 2.14. The van der Waals surface area contributed by atoms with Gasteiger partial charge in [-0.2, -0.15) is 0 Å². The van der Waals surface area contributed by atoms with Gasteiger partial charge in [-0.25, -0.2) is 0 Å². The largest absolute Gasteiger partial charge is 0.383 e. The molecule has 0 saturated carbocycles. The normalized spacial score (nSPS) is 25.1. The summed E-state index contributed by atoms with van der Waals surface area (Å²) in [6, 6.07) is 0. The molecule has 1 unspecified atom stereocenters. The molecule has 0 spiro atoms. The molecule has 0 radical (unpaired) electrons. The lowest BCUT2D eigenvalue weighted by atomic mass is 10.2. The summed E-state index contributed by atoms with van der Waals surface area (Å²) in [5.74, 6) is 0. The second kappa shape index (κ2) is 2.35. The number of hydrogen-bond donors (Lipinski definition) is 0. The number of hydrogen-bond acceptors (Lipinski definition) is 3. The first kappa shape index (κ1) is 6.55. The van der Waals surface area contributed by atoms with Crippen LogP contribution in [0.25, 0.3) is 0 Å². The van der Waals surface area contributed by atoms with E-state index in [4.69, 9.17) is 11.6 Å². The number of oxime groups is 1. The van der Waals surface area contributed by atoms with Gasteiger partial charge in [0, 0.05) is 6.42 Å². The van der Waals surface area contributed by atoms with E-state index in [-0.39, 0.29) is 0 Å². The molecule has 3 nitrogen and oxygen atoms in total. The third kappa shape index (κ3) is 1.42. The zero-order valence-electron chi connectivity index (χ0n) is 4.93. The molecule has 1 rings (SSSR count). The Hall–Kier alpha value is -0.570. The van der Waals surface area contributed by atoms with Gasteiger partial charge in [-0.1, -0.05) is 5.16 Å². The van der Waals surface area contributed by atoms with E-state index in [2.05, 4.69) is 9.99 Å². The third-order valence-electron chi connectivity index (χ3n) is 1.07. The molecule has 0 amide bonds. The molecule has 0 aromatic rings. The fourth-order valence-electron chi connectivity index (χ4n) is 0.618. The molecule has 1 heterocycles. The molecule has 0 aliphatic carbocycles. The molecule has 50 valence electrons. The van der Waals surface area contributed by atoms with Crippen LogP contribution in [0.5, 0.6) is 0 Å². The predicted molar refractivity (Wildman–Crippen MR) is 33.5 cm³/mol. The number of nitrogens with zero attached hydrogens (tertiary/aromatic N) is 1. The predicted octanol–water partition coefficient (Wildman–Crippen LogP) is 0.917. The van der Waals surface area contributed by atoms with Crippen molar-refractivity contribution in [2.45, 2.75) is 19.4 Å². The maximum absolute atomic E-state index is 10.4. The van der Waals surface area contributed by atoms with Gasteiger partial charge in [0.1, 0.15) is 0 Å². The monoisotopic (exact) mass is 147 g/mol. The molecule has 0 saturated heterocycles. The zero-order chi connectivity index (χ0) is 6.85. The summed E-state index contributed by atoms with van der Waals surface area (Å²) in [6.07, 6.45) is -0.00540. The van der Waals surface area contributed by atoms with Crippen LogP contribution in [0.15, 0.2) is 5.16 Å². The van der Waals surface area contributed by atoms with Crippen molar-refractivity contribution >= 4 is 22.6 Å². The highest BCUT2D eigenvalue weighted by Crippen LogP contribution is 2.11. The summed E-state index contributed by atoms with van der Waals surface area (Å²) < 4.78 is 0. The van der Waals surface area contributed by atoms with Crippen LogP contribution >= 0.6 is 11.6 Å². The first-order valence-electron chi connectivity index (χ1n) is 2.59. The molecule has 1 aliphatic rings. The fourth-order valence-corrected chi connectivity index (χ4v) is 0.735. The molecule has 0 aromatic heterocycles. The number of rotatable bonds is 1. The maximum Gasteiger partial charge on any atom is 0.265 e. The van der Waals surface area contributed by atoms with E-state index in [1.165, 1.54) is 0 Å². The summed E-state index contributed by atoms with van der Waals surface area (Å²) in [4.78, 5) is 15.0. The standard InChI is InChI=1S/C5H6ClNO2/c1-3-2-4(5(6)8)9-7-3/h4H,2H2,1H3. The quantitative estimate of drug-likeness (QED) is 0.518. The maximum atomic E-state index is 10.4. The Labute approximate surface area is 57.6 Å². The van der Waals surface area contributed by atoms with Crippen molar-refractivity contribution in [2.24, 2.45) is 5.16 Å². The summed E-state index contributed by atoms with van der Waals surface area (Å²) in [7, 11) is 0. The van der Waals surface area contributed by atoms with Gasteiger partial charge in [-0.3, -0.25) is 4.79 Å². The van der Waals surface area contributed by atoms with E-state index >= 15 is 0 Å². The molecule has 1 aliphatic heterocycles. The van der Waals surface area contributed by atoms with E-state index in [9.17, 15) is 4.79 Å². The second-order valence-corrected chi connectivity index (χ2v) is 2.30. The van der Waals surface area contributed by atoms with E-state index in [0.29, 0.717) is 6.42 Å². The summed E-state index contributed by atoms with van der Waals surface area (Å²) in [6.45, 7) is 1.79. The van der Waals surface area contributed by atoms with Gasteiger partial charge >= 0.3 is 0 Å². The minimum atomic E-state index is -0.535. The molecule has 1 atom stereocenters. The van der Waals surface area contributed by atoms with Crippen molar-refractivity contribution in [2.75, 3.05) is 0 Å². The molecule has 0 aromatic carbocycles. The van der Waals surface area contributed by atoms with Crippen molar-refractivity contribution in [3.63, 3.8) is 0 Å². The van der Waals surface area contributed by atoms with Crippen LogP contribution in [0.1, 0.15) is 13.3 Å². The summed E-state index contributed by atoms with van der Waals surface area (Å²) >= 11 is 5.11. The highest BCUT2D eigenvalue weighted by Gasteiger charge is 2.23. The number of carbonyl (C=O) groups excluding carboxylic acids is 1. The molecule has 9 heavy (non-hydrogen) atoms. The van der Waals surface area contributed by atoms with Crippen molar-refractivity contribution < 1.29 is 9.63 Å². The van der Waals surface area contributed by atoms with Gasteiger partial charge in [0.25, 0.3) is 5.24 Å². The topological polar surface area (TPSA) is 38.7 Å². The minimum Gasteiger partial charge on any atom is -0.383 e. The second-order valence-electron chi connectivity index (χ2n) is 1.93. The third-order valence-corrected chi connectivity index (χ3v) is 1.31. The Kier molecular flexibility index (Phi) is 1.71. The molecule has 0 N–H and O–H groups in total. The molecular weight excluding hydrogens is 142 g/mol. The van der Waals surface area contributed by atoms with Crippen LogP contribution in [0, 0.1) is 0 Å². The lowest BCUT2D eigenvalue weighted by Crippen LogP contribution is -2.14. The van der Waals surface area contributed by atoms with Gasteiger partial charge < -0.3 is 4.84 Å². The Morgan fingerprint density at radius 2 is 2.67 bits per heavy atom. The van der Waals surface area contributed by atoms with E-state index in [0.717, 1.165) is 5.71 Å². The van der Waals surface area contributed by atoms with E-state index in [1.54, 1.807) is 6.92 Å². The van der Waals surface area contributed by atoms with E-state index in [1.807, 2.05) is 0 Å². The van der Waals surface area contributed by atoms with Crippen LogP contribution in [-0.4, -0.2) is 17.1 Å². The molecular formula is C5H6ClNO2. The van der Waals surface area contributed by atoms with E-state index < -0.39 is 11.3 Å². The first-order chi connectivity index (χ1) is 4.20. The Morgan fingerprint density at radius 1 is 2.00 bits per heavy atom. The Balaban J connectivity index is 2.47. The molecule has 4 heteroatoms. The SMILES string of the molecule is CC1=NOC(C(=O)Cl)C1. The molecule has 0 fully saturated rings. The van der Waals surface area contributed by atoms with Gasteiger partial charge in [0.15, 0.2) is 0 Å². The smallest absolute Gasteiger partial charge is 0.265 e. The van der Waals surface area contributed by atoms with Gasteiger partial charge in [0.05, 0.1) is 5.71 Å². The van der Waals surface area contributed by atoms with Crippen molar-refractivity contribution in [1.29, 1.82) is 0 Å².